The first-order chi connectivity index (χ1) is 6.34. The normalized spacial score (nSPS) is 28.3. The minimum Gasteiger partial charge on any atom is -0.354 e. The van der Waals surface area contributed by atoms with Crippen LogP contribution in [0.1, 0.15) is 12.8 Å². The molecule has 5 heteroatoms. The van der Waals surface area contributed by atoms with Crippen LogP contribution in [-0.4, -0.2) is 49.6 Å². The van der Waals surface area contributed by atoms with Crippen molar-refractivity contribution >= 4 is 18.3 Å². The van der Waals surface area contributed by atoms with Gasteiger partial charge in [-0.15, -0.1) is 12.4 Å². The highest BCUT2D eigenvalue weighted by Gasteiger charge is 2.21. The molecule has 2 N–H and O–H groups in total. The van der Waals surface area contributed by atoms with Gasteiger partial charge in [-0.2, -0.15) is 0 Å². The van der Waals surface area contributed by atoms with Crippen LogP contribution in [0.5, 0.6) is 0 Å². The lowest BCUT2D eigenvalue weighted by molar-refractivity contribution is -0.124. The Hall–Kier alpha value is -0.320. The Kier molecular flexibility index (Phi) is 4.65. The van der Waals surface area contributed by atoms with Crippen molar-refractivity contribution in [2.24, 2.45) is 0 Å². The molecule has 2 fully saturated rings. The van der Waals surface area contributed by atoms with Gasteiger partial charge in [0.15, 0.2) is 0 Å². The van der Waals surface area contributed by atoms with E-state index in [-0.39, 0.29) is 18.3 Å². The standard InChI is InChI=1S/C9H17N3O.ClH/c13-9-7-12(5-4-11-9)6-8-2-1-3-10-8;/h8,10H,1-7H2,(H,11,13);1H. The van der Waals surface area contributed by atoms with E-state index < -0.39 is 0 Å². The zero-order chi connectivity index (χ0) is 9.10. The quantitative estimate of drug-likeness (QED) is 0.664. The highest BCUT2D eigenvalue weighted by molar-refractivity contribution is 5.85. The summed E-state index contributed by atoms with van der Waals surface area (Å²) in [6, 6.07) is 0.617. The summed E-state index contributed by atoms with van der Waals surface area (Å²) in [4.78, 5) is 13.3. The zero-order valence-electron chi connectivity index (χ0n) is 8.29. The number of hydrogen-bond acceptors (Lipinski definition) is 3. The number of halogens is 1. The van der Waals surface area contributed by atoms with Crippen molar-refractivity contribution in [3.63, 3.8) is 0 Å². The molecular weight excluding hydrogens is 202 g/mol. The van der Waals surface area contributed by atoms with E-state index in [1.54, 1.807) is 0 Å². The minimum absolute atomic E-state index is 0. The Morgan fingerprint density at radius 3 is 2.93 bits per heavy atom. The Morgan fingerprint density at radius 1 is 1.43 bits per heavy atom. The summed E-state index contributed by atoms with van der Waals surface area (Å²) in [7, 11) is 0. The number of hydrogen-bond donors (Lipinski definition) is 2. The summed E-state index contributed by atoms with van der Waals surface area (Å²) in [5, 5.41) is 6.28. The van der Waals surface area contributed by atoms with Gasteiger partial charge in [0.1, 0.15) is 0 Å². The molecule has 14 heavy (non-hydrogen) atoms. The summed E-state index contributed by atoms with van der Waals surface area (Å²) in [6.45, 7) is 4.58. The molecule has 82 valence electrons. The summed E-state index contributed by atoms with van der Waals surface area (Å²) < 4.78 is 0. The average molecular weight is 220 g/mol. The third-order valence-corrected chi connectivity index (χ3v) is 2.76. The number of rotatable bonds is 2. The number of nitrogens with one attached hydrogen (secondary N) is 2. The second-order valence-electron chi connectivity index (χ2n) is 3.88. The van der Waals surface area contributed by atoms with Crippen LogP contribution in [0.3, 0.4) is 0 Å². The molecule has 1 amide bonds. The second kappa shape index (κ2) is 5.53. The van der Waals surface area contributed by atoms with Crippen molar-refractivity contribution in [3.05, 3.63) is 0 Å². The SMILES string of the molecule is Cl.O=C1CN(CC2CCCN2)CCN1. The van der Waals surface area contributed by atoms with Crippen LogP contribution < -0.4 is 10.6 Å². The molecule has 0 radical (unpaired) electrons. The number of carbonyl (C=O) groups excluding carboxylic acids is 1. The molecule has 2 saturated heterocycles. The fourth-order valence-corrected chi connectivity index (χ4v) is 2.07. The van der Waals surface area contributed by atoms with Gasteiger partial charge in [0.2, 0.25) is 5.91 Å². The van der Waals surface area contributed by atoms with E-state index in [0.717, 1.165) is 26.2 Å². The smallest absolute Gasteiger partial charge is 0.234 e. The molecule has 0 aromatic carbocycles. The molecule has 0 aromatic rings. The van der Waals surface area contributed by atoms with Crippen molar-refractivity contribution in [1.82, 2.24) is 15.5 Å². The largest absolute Gasteiger partial charge is 0.354 e. The summed E-state index contributed by atoms with van der Waals surface area (Å²) in [5.74, 6) is 0.171. The van der Waals surface area contributed by atoms with E-state index in [0.29, 0.717) is 12.6 Å². The van der Waals surface area contributed by atoms with E-state index >= 15 is 0 Å². The lowest BCUT2D eigenvalue weighted by Crippen LogP contribution is -2.50. The Balaban J connectivity index is 0.000000980. The van der Waals surface area contributed by atoms with E-state index in [1.807, 2.05) is 0 Å². The fourth-order valence-electron chi connectivity index (χ4n) is 2.07. The molecule has 2 heterocycles. The molecule has 4 nitrogen and oxygen atoms in total. The molecule has 1 unspecified atom stereocenters. The lowest BCUT2D eigenvalue weighted by Gasteiger charge is -2.28. The van der Waals surface area contributed by atoms with Gasteiger partial charge in [-0.25, -0.2) is 0 Å². The number of amides is 1. The van der Waals surface area contributed by atoms with E-state index in [2.05, 4.69) is 15.5 Å². The summed E-state index contributed by atoms with van der Waals surface area (Å²) in [6.07, 6.45) is 2.54. The van der Waals surface area contributed by atoms with Gasteiger partial charge in [-0.1, -0.05) is 0 Å². The van der Waals surface area contributed by atoms with Crippen LogP contribution in [0, 0.1) is 0 Å². The maximum absolute atomic E-state index is 11.1. The molecule has 0 saturated carbocycles. The number of carbonyl (C=O) groups is 1. The average Bonchev–Trinajstić information content (AvgIpc) is 2.57. The van der Waals surface area contributed by atoms with Gasteiger partial charge in [0.25, 0.3) is 0 Å². The Labute approximate surface area is 90.8 Å². The third kappa shape index (κ3) is 3.12. The van der Waals surface area contributed by atoms with Gasteiger partial charge in [-0.3, -0.25) is 9.69 Å². The molecule has 0 spiro atoms. The Morgan fingerprint density at radius 2 is 2.29 bits per heavy atom. The van der Waals surface area contributed by atoms with E-state index in [4.69, 9.17) is 0 Å². The summed E-state index contributed by atoms with van der Waals surface area (Å²) in [5.41, 5.74) is 0. The zero-order valence-corrected chi connectivity index (χ0v) is 9.11. The van der Waals surface area contributed by atoms with Crippen molar-refractivity contribution < 1.29 is 4.79 Å². The Bertz CT molecular complexity index is 194. The van der Waals surface area contributed by atoms with Gasteiger partial charge in [-0.05, 0) is 19.4 Å². The van der Waals surface area contributed by atoms with Gasteiger partial charge in [0, 0.05) is 25.7 Å². The molecule has 2 aliphatic rings. The number of piperazine rings is 1. The molecule has 2 rings (SSSR count). The van der Waals surface area contributed by atoms with Crippen LogP contribution in [0.25, 0.3) is 0 Å². The van der Waals surface area contributed by atoms with E-state index in [1.165, 1.54) is 12.8 Å². The topological polar surface area (TPSA) is 44.4 Å². The highest BCUT2D eigenvalue weighted by Crippen LogP contribution is 2.07. The van der Waals surface area contributed by atoms with E-state index in [9.17, 15) is 4.79 Å². The van der Waals surface area contributed by atoms with Crippen molar-refractivity contribution in [2.45, 2.75) is 18.9 Å². The van der Waals surface area contributed by atoms with Gasteiger partial charge < -0.3 is 10.6 Å². The second-order valence-corrected chi connectivity index (χ2v) is 3.88. The predicted octanol–water partition coefficient (Wildman–Crippen LogP) is -0.408. The molecule has 0 bridgehead atoms. The van der Waals surface area contributed by atoms with Gasteiger partial charge >= 0.3 is 0 Å². The maximum atomic E-state index is 11.1. The van der Waals surface area contributed by atoms with Crippen molar-refractivity contribution in [2.75, 3.05) is 32.7 Å². The first-order valence-corrected chi connectivity index (χ1v) is 5.07. The lowest BCUT2D eigenvalue weighted by atomic mass is 10.2. The first kappa shape index (κ1) is 11.8. The van der Waals surface area contributed by atoms with Gasteiger partial charge in [0.05, 0.1) is 6.54 Å². The van der Waals surface area contributed by atoms with Crippen molar-refractivity contribution in [3.8, 4) is 0 Å². The van der Waals surface area contributed by atoms with Crippen LogP contribution in [0.2, 0.25) is 0 Å². The van der Waals surface area contributed by atoms with Crippen LogP contribution in [0.15, 0.2) is 0 Å². The monoisotopic (exact) mass is 219 g/mol. The van der Waals surface area contributed by atoms with Crippen LogP contribution in [-0.2, 0) is 4.79 Å². The number of nitrogens with zero attached hydrogens (tertiary/aromatic N) is 1. The van der Waals surface area contributed by atoms with Crippen molar-refractivity contribution in [1.29, 1.82) is 0 Å². The first-order valence-electron chi connectivity index (χ1n) is 5.07. The molecular formula is C9H18ClN3O. The summed E-state index contributed by atoms with van der Waals surface area (Å²) >= 11 is 0. The maximum Gasteiger partial charge on any atom is 0.234 e. The third-order valence-electron chi connectivity index (χ3n) is 2.76. The predicted molar refractivity (Wildman–Crippen MR) is 57.7 cm³/mol. The molecule has 0 aliphatic carbocycles. The van der Waals surface area contributed by atoms with Crippen LogP contribution >= 0.6 is 12.4 Å². The molecule has 1 atom stereocenters. The fraction of sp³-hybridized carbons (Fsp3) is 0.889. The molecule has 2 aliphatic heterocycles. The molecule has 0 aromatic heterocycles. The highest BCUT2D eigenvalue weighted by atomic mass is 35.5. The minimum atomic E-state index is 0. The van der Waals surface area contributed by atoms with Crippen LogP contribution in [0.4, 0.5) is 0 Å².